The first kappa shape index (κ1) is 16.1. The van der Waals surface area contributed by atoms with Gasteiger partial charge in [0.2, 0.25) is 0 Å². The normalized spacial score (nSPS) is 11.9. The first-order valence-corrected chi connectivity index (χ1v) is 7.69. The summed E-state index contributed by atoms with van der Waals surface area (Å²) >= 11 is 0. The number of carbonyl (C=O) groups is 1. The lowest BCUT2D eigenvalue weighted by molar-refractivity contribution is 0.0509. The Morgan fingerprint density at radius 1 is 1.05 bits per heavy atom. The minimum Gasteiger partial charge on any atom is -0.450 e. The second kappa shape index (κ2) is 7.64. The summed E-state index contributed by atoms with van der Waals surface area (Å²) in [5, 5.41) is 9.09. The van der Waals surface area contributed by atoms with E-state index in [-0.39, 0.29) is 0 Å². The molecule has 0 fully saturated rings. The van der Waals surface area contributed by atoms with Crippen molar-refractivity contribution in [3.8, 4) is 0 Å². The Morgan fingerprint density at radius 2 is 1.77 bits per heavy atom. The van der Waals surface area contributed by atoms with Gasteiger partial charge in [-0.2, -0.15) is 0 Å². The molecular weight excluding hydrogens is 276 g/mol. The maximum Gasteiger partial charge on any atom is 0.506 e. The first-order valence-electron chi connectivity index (χ1n) is 7.69. The van der Waals surface area contributed by atoms with Crippen molar-refractivity contribution in [1.82, 2.24) is 0 Å². The summed E-state index contributed by atoms with van der Waals surface area (Å²) in [6.07, 6.45) is 0.648. The molecule has 3 heteroatoms. The van der Waals surface area contributed by atoms with Crippen LogP contribution in [0.3, 0.4) is 0 Å². The zero-order valence-electron chi connectivity index (χ0n) is 13.1. The molecule has 22 heavy (non-hydrogen) atoms. The van der Waals surface area contributed by atoms with Crippen molar-refractivity contribution in [3.05, 3.63) is 70.8 Å². The van der Waals surface area contributed by atoms with Crippen LogP contribution in [-0.2, 0) is 24.0 Å². The Hall–Kier alpha value is -2.29. The Bertz CT molecular complexity index is 620. The highest BCUT2D eigenvalue weighted by atomic mass is 16.7. The van der Waals surface area contributed by atoms with E-state index in [0.29, 0.717) is 6.42 Å². The van der Waals surface area contributed by atoms with Crippen LogP contribution in [0.25, 0.3) is 0 Å². The lowest BCUT2D eigenvalue weighted by Gasteiger charge is -2.21. The van der Waals surface area contributed by atoms with Gasteiger partial charge >= 0.3 is 6.16 Å². The van der Waals surface area contributed by atoms with Crippen molar-refractivity contribution >= 4 is 6.16 Å². The molecule has 0 saturated carbocycles. The summed E-state index contributed by atoms with van der Waals surface area (Å²) in [5.74, 6) is 0. The molecule has 1 atom stereocenters. The van der Waals surface area contributed by atoms with Crippen molar-refractivity contribution in [2.45, 2.75) is 39.2 Å². The predicted molar refractivity (Wildman–Crippen MR) is 87.2 cm³/mol. The van der Waals surface area contributed by atoms with Gasteiger partial charge in [-0.15, -0.1) is 0 Å². The van der Waals surface area contributed by atoms with Crippen LogP contribution >= 0.6 is 0 Å². The van der Waals surface area contributed by atoms with Crippen LogP contribution in [0.2, 0.25) is 0 Å². The van der Waals surface area contributed by atoms with Crippen molar-refractivity contribution in [2.75, 3.05) is 0 Å². The summed E-state index contributed by atoms with van der Waals surface area (Å²) < 4.78 is 5.20. The quantitative estimate of drug-likeness (QED) is 0.780. The molecule has 0 amide bonds. The lowest BCUT2D eigenvalue weighted by atomic mass is 9.91. The van der Waals surface area contributed by atoms with Gasteiger partial charge in [-0.25, -0.2) is 4.79 Å². The molecule has 2 aromatic rings. The fourth-order valence-electron chi connectivity index (χ4n) is 2.88. The Balaban J connectivity index is 2.39. The average molecular weight is 298 g/mol. The van der Waals surface area contributed by atoms with Crippen molar-refractivity contribution in [2.24, 2.45) is 0 Å². The molecule has 0 spiro atoms. The molecule has 0 aliphatic carbocycles. The predicted octanol–water partition coefficient (Wildman–Crippen LogP) is 4.79. The monoisotopic (exact) mass is 298 g/mol. The molecule has 0 heterocycles. The maximum absolute atomic E-state index is 11.1. The third-order valence-corrected chi connectivity index (χ3v) is 3.90. The Kier molecular flexibility index (Phi) is 5.59. The standard InChI is InChI=1S/C19H22O3/c1-3-15-11-8-12-17(16(15)4-2)18(22-19(20)21)13-14-9-6-5-7-10-14/h5-12,18H,3-4,13H2,1-2H3,(H,20,21). The maximum atomic E-state index is 11.1. The number of hydrogen-bond donors (Lipinski definition) is 1. The minimum absolute atomic E-state index is 0.471. The highest BCUT2D eigenvalue weighted by Gasteiger charge is 2.20. The van der Waals surface area contributed by atoms with E-state index in [9.17, 15) is 4.79 Å². The van der Waals surface area contributed by atoms with Crippen LogP contribution in [0, 0.1) is 0 Å². The van der Waals surface area contributed by atoms with Gasteiger partial charge in [-0.1, -0.05) is 62.4 Å². The average Bonchev–Trinajstić information content (AvgIpc) is 2.54. The van der Waals surface area contributed by atoms with Crippen LogP contribution < -0.4 is 0 Å². The van der Waals surface area contributed by atoms with E-state index in [0.717, 1.165) is 24.0 Å². The fourth-order valence-corrected chi connectivity index (χ4v) is 2.88. The van der Waals surface area contributed by atoms with Gasteiger partial charge in [0.25, 0.3) is 0 Å². The third kappa shape index (κ3) is 3.88. The van der Waals surface area contributed by atoms with E-state index in [4.69, 9.17) is 9.84 Å². The summed E-state index contributed by atoms with van der Waals surface area (Å²) in [4.78, 5) is 11.1. The lowest BCUT2D eigenvalue weighted by Crippen LogP contribution is -2.14. The number of carboxylic acid groups (broad SMARTS) is 1. The first-order chi connectivity index (χ1) is 10.7. The molecule has 0 bridgehead atoms. The van der Waals surface area contributed by atoms with E-state index >= 15 is 0 Å². The Morgan fingerprint density at radius 3 is 2.36 bits per heavy atom. The van der Waals surface area contributed by atoms with Crippen LogP contribution in [-0.4, -0.2) is 11.3 Å². The van der Waals surface area contributed by atoms with Crippen LogP contribution in [0.1, 0.15) is 42.2 Å². The van der Waals surface area contributed by atoms with E-state index in [1.807, 2.05) is 42.5 Å². The molecule has 0 saturated heterocycles. The number of rotatable bonds is 6. The van der Waals surface area contributed by atoms with Gasteiger partial charge < -0.3 is 9.84 Å². The molecule has 3 nitrogen and oxygen atoms in total. The highest BCUT2D eigenvalue weighted by Crippen LogP contribution is 2.28. The second-order valence-corrected chi connectivity index (χ2v) is 5.25. The van der Waals surface area contributed by atoms with E-state index in [1.54, 1.807) is 0 Å². The number of benzene rings is 2. The molecule has 2 aromatic carbocycles. The highest BCUT2D eigenvalue weighted by molar-refractivity contribution is 5.57. The van der Waals surface area contributed by atoms with Crippen LogP contribution in [0.5, 0.6) is 0 Å². The van der Waals surface area contributed by atoms with Crippen molar-refractivity contribution in [1.29, 1.82) is 0 Å². The minimum atomic E-state index is -1.23. The van der Waals surface area contributed by atoms with Gasteiger partial charge in [-0.05, 0) is 35.1 Å². The molecule has 0 aliphatic heterocycles. The molecule has 2 rings (SSSR count). The molecule has 1 unspecified atom stereocenters. The molecule has 0 aliphatic rings. The fraction of sp³-hybridized carbons (Fsp3) is 0.316. The van der Waals surface area contributed by atoms with Crippen molar-refractivity contribution in [3.63, 3.8) is 0 Å². The van der Waals surface area contributed by atoms with E-state index < -0.39 is 12.3 Å². The van der Waals surface area contributed by atoms with Gasteiger partial charge in [-0.3, -0.25) is 0 Å². The zero-order valence-corrected chi connectivity index (χ0v) is 13.1. The van der Waals surface area contributed by atoms with E-state index in [2.05, 4.69) is 19.9 Å². The number of aryl methyl sites for hydroxylation is 1. The second-order valence-electron chi connectivity index (χ2n) is 5.25. The molecule has 1 N–H and O–H groups in total. The molecule has 116 valence electrons. The van der Waals surface area contributed by atoms with Gasteiger partial charge in [0.05, 0.1) is 0 Å². The summed E-state index contributed by atoms with van der Waals surface area (Å²) in [6.45, 7) is 4.21. The Labute approximate surface area is 131 Å². The SMILES string of the molecule is CCc1cccc(C(Cc2ccccc2)OC(=O)O)c1CC. The van der Waals surface area contributed by atoms with Crippen LogP contribution in [0.4, 0.5) is 4.79 Å². The van der Waals surface area contributed by atoms with Gasteiger partial charge in [0.1, 0.15) is 6.10 Å². The molecular formula is C19H22O3. The number of hydrogen-bond acceptors (Lipinski definition) is 2. The summed E-state index contributed by atoms with van der Waals surface area (Å²) in [6, 6.07) is 15.9. The largest absolute Gasteiger partial charge is 0.506 e. The third-order valence-electron chi connectivity index (χ3n) is 3.90. The molecule has 0 radical (unpaired) electrons. The summed E-state index contributed by atoms with van der Waals surface area (Å²) in [5.41, 5.74) is 4.50. The van der Waals surface area contributed by atoms with Crippen LogP contribution in [0.15, 0.2) is 48.5 Å². The van der Waals surface area contributed by atoms with Crippen molar-refractivity contribution < 1.29 is 14.6 Å². The zero-order chi connectivity index (χ0) is 15.9. The molecule has 0 aromatic heterocycles. The number of ether oxygens (including phenoxy) is 1. The topological polar surface area (TPSA) is 46.5 Å². The van der Waals surface area contributed by atoms with Gasteiger partial charge in [0, 0.05) is 6.42 Å². The smallest absolute Gasteiger partial charge is 0.450 e. The van der Waals surface area contributed by atoms with Gasteiger partial charge in [0.15, 0.2) is 0 Å². The van der Waals surface area contributed by atoms with E-state index in [1.165, 1.54) is 11.1 Å². The summed E-state index contributed by atoms with van der Waals surface area (Å²) in [7, 11) is 0.